The third kappa shape index (κ3) is 1.88. The minimum atomic E-state index is -0.191. The summed E-state index contributed by atoms with van der Waals surface area (Å²) in [5.41, 5.74) is 2.45. The second-order valence-corrected chi connectivity index (χ2v) is 4.89. The van der Waals surface area contributed by atoms with E-state index in [1.54, 1.807) is 0 Å². The van der Waals surface area contributed by atoms with Crippen molar-refractivity contribution in [3.8, 4) is 0 Å². The Hall–Kier alpha value is -1.84. The number of anilines is 1. The predicted molar refractivity (Wildman–Crippen MR) is 68.3 cm³/mol. The first-order valence-corrected chi connectivity index (χ1v) is 6.44. The van der Waals surface area contributed by atoms with E-state index < -0.39 is 0 Å². The van der Waals surface area contributed by atoms with Crippen LogP contribution in [0.2, 0.25) is 0 Å². The van der Waals surface area contributed by atoms with Gasteiger partial charge in [0.2, 0.25) is 11.8 Å². The average Bonchev–Trinajstić information content (AvgIpc) is 2.38. The number of rotatable bonds is 1. The van der Waals surface area contributed by atoms with Gasteiger partial charge in [0.25, 0.3) is 0 Å². The number of piperidine rings is 1. The van der Waals surface area contributed by atoms with Gasteiger partial charge in [-0.05, 0) is 30.9 Å². The number of imide groups is 1. The van der Waals surface area contributed by atoms with Crippen LogP contribution in [0.1, 0.15) is 24.8 Å². The highest BCUT2D eigenvalue weighted by Crippen LogP contribution is 2.30. The smallest absolute Gasteiger partial charge is 0.249 e. The Labute approximate surface area is 106 Å². The number of benzene rings is 1. The lowest BCUT2D eigenvalue weighted by atomic mass is 9.96. The van der Waals surface area contributed by atoms with Crippen molar-refractivity contribution in [2.45, 2.75) is 31.7 Å². The van der Waals surface area contributed by atoms with Crippen LogP contribution in [-0.2, 0) is 16.0 Å². The summed E-state index contributed by atoms with van der Waals surface area (Å²) in [5.74, 6) is -0.301. The molecule has 2 aliphatic heterocycles. The molecule has 4 heteroatoms. The third-order valence-electron chi connectivity index (χ3n) is 3.73. The van der Waals surface area contributed by atoms with E-state index in [4.69, 9.17) is 0 Å². The number of hydrogen-bond acceptors (Lipinski definition) is 3. The maximum Gasteiger partial charge on any atom is 0.249 e. The molecule has 1 aromatic rings. The van der Waals surface area contributed by atoms with E-state index in [1.807, 2.05) is 12.1 Å². The Morgan fingerprint density at radius 1 is 1.17 bits per heavy atom. The topological polar surface area (TPSA) is 49.4 Å². The van der Waals surface area contributed by atoms with E-state index in [-0.39, 0.29) is 17.9 Å². The Morgan fingerprint density at radius 3 is 2.83 bits per heavy atom. The van der Waals surface area contributed by atoms with Crippen LogP contribution in [0.5, 0.6) is 0 Å². The molecule has 0 bridgehead atoms. The number of carbonyl (C=O) groups is 2. The number of amides is 2. The minimum absolute atomic E-state index is 0.150. The largest absolute Gasteiger partial charge is 0.359 e. The monoisotopic (exact) mass is 244 g/mol. The van der Waals surface area contributed by atoms with Gasteiger partial charge in [-0.1, -0.05) is 18.2 Å². The van der Waals surface area contributed by atoms with Crippen molar-refractivity contribution in [3.05, 3.63) is 29.8 Å². The van der Waals surface area contributed by atoms with Crippen LogP contribution in [0.25, 0.3) is 0 Å². The normalized spacial score (nSPS) is 23.6. The fraction of sp³-hybridized carbons (Fsp3) is 0.429. The number of aryl methyl sites for hydroxylation is 1. The molecule has 0 aliphatic carbocycles. The number of fused-ring (bicyclic) bond motifs is 1. The van der Waals surface area contributed by atoms with Crippen molar-refractivity contribution in [3.63, 3.8) is 0 Å². The number of para-hydroxylation sites is 1. The molecule has 3 rings (SSSR count). The van der Waals surface area contributed by atoms with Crippen molar-refractivity contribution in [1.29, 1.82) is 0 Å². The molecule has 4 nitrogen and oxygen atoms in total. The van der Waals surface area contributed by atoms with E-state index in [0.29, 0.717) is 12.8 Å². The van der Waals surface area contributed by atoms with Crippen molar-refractivity contribution < 1.29 is 9.59 Å². The summed E-state index contributed by atoms with van der Waals surface area (Å²) in [7, 11) is 0. The second-order valence-electron chi connectivity index (χ2n) is 4.89. The van der Waals surface area contributed by atoms with E-state index in [0.717, 1.165) is 25.1 Å². The molecule has 1 fully saturated rings. The minimum Gasteiger partial charge on any atom is -0.359 e. The van der Waals surface area contributed by atoms with Crippen molar-refractivity contribution in [2.75, 3.05) is 11.4 Å². The third-order valence-corrected chi connectivity index (χ3v) is 3.73. The van der Waals surface area contributed by atoms with Gasteiger partial charge >= 0.3 is 0 Å². The highest BCUT2D eigenvalue weighted by atomic mass is 16.2. The van der Waals surface area contributed by atoms with Crippen LogP contribution in [0.3, 0.4) is 0 Å². The number of hydrogen-bond donors (Lipinski definition) is 1. The lowest BCUT2D eigenvalue weighted by molar-refractivity contribution is -0.134. The molecule has 2 heterocycles. The highest BCUT2D eigenvalue weighted by molar-refractivity contribution is 6.01. The summed E-state index contributed by atoms with van der Waals surface area (Å²) in [6.45, 7) is 0.892. The Balaban J connectivity index is 1.89. The molecule has 0 aromatic heterocycles. The summed E-state index contributed by atoms with van der Waals surface area (Å²) in [6.07, 6.45) is 3.20. The molecule has 1 N–H and O–H groups in total. The molecule has 0 radical (unpaired) electrons. The van der Waals surface area contributed by atoms with Crippen molar-refractivity contribution in [2.24, 2.45) is 0 Å². The van der Waals surface area contributed by atoms with Gasteiger partial charge in [-0.3, -0.25) is 14.9 Å². The van der Waals surface area contributed by atoms with Gasteiger partial charge in [0.05, 0.1) is 0 Å². The van der Waals surface area contributed by atoms with E-state index in [1.165, 1.54) is 5.56 Å². The predicted octanol–water partition coefficient (Wildman–Crippen LogP) is 1.24. The fourth-order valence-electron chi connectivity index (χ4n) is 2.87. The van der Waals surface area contributed by atoms with Gasteiger partial charge in [0.1, 0.15) is 6.04 Å². The van der Waals surface area contributed by atoms with Crippen LogP contribution in [-0.4, -0.2) is 24.4 Å². The summed E-state index contributed by atoms with van der Waals surface area (Å²) in [4.78, 5) is 25.3. The lowest BCUT2D eigenvalue weighted by Crippen LogP contribution is -2.53. The number of nitrogens with zero attached hydrogens (tertiary/aromatic N) is 1. The first-order valence-electron chi connectivity index (χ1n) is 6.44. The zero-order valence-electron chi connectivity index (χ0n) is 10.2. The zero-order chi connectivity index (χ0) is 12.5. The van der Waals surface area contributed by atoms with Gasteiger partial charge in [-0.15, -0.1) is 0 Å². The van der Waals surface area contributed by atoms with Crippen LogP contribution in [0, 0.1) is 0 Å². The Morgan fingerprint density at radius 2 is 2.00 bits per heavy atom. The fourth-order valence-corrected chi connectivity index (χ4v) is 2.87. The van der Waals surface area contributed by atoms with E-state index in [9.17, 15) is 9.59 Å². The van der Waals surface area contributed by atoms with Crippen LogP contribution in [0.4, 0.5) is 5.69 Å². The molecular weight excluding hydrogens is 228 g/mol. The number of carbonyl (C=O) groups excluding carboxylic acids is 2. The Kier molecular flexibility index (Phi) is 2.78. The lowest BCUT2D eigenvalue weighted by Gasteiger charge is -2.38. The van der Waals surface area contributed by atoms with Gasteiger partial charge in [0.15, 0.2) is 0 Å². The quantitative estimate of drug-likeness (QED) is 0.756. The molecule has 0 unspecified atom stereocenters. The SMILES string of the molecule is O=C1CC[C@@H](N2CCCc3ccccc32)C(=O)N1. The van der Waals surface area contributed by atoms with Crippen LogP contribution in [0.15, 0.2) is 24.3 Å². The molecule has 2 aliphatic rings. The first kappa shape index (κ1) is 11.3. The molecule has 2 amide bonds. The number of nitrogens with one attached hydrogen (secondary N) is 1. The van der Waals surface area contributed by atoms with Gasteiger partial charge in [-0.2, -0.15) is 0 Å². The summed E-state index contributed by atoms with van der Waals surface area (Å²) in [5, 5.41) is 2.44. The molecular formula is C14H16N2O2. The molecule has 1 saturated heterocycles. The maximum absolute atomic E-state index is 11.9. The molecule has 0 saturated carbocycles. The highest BCUT2D eigenvalue weighted by Gasteiger charge is 2.33. The van der Waals surface area contributed by atoms with Crippen LogP contribution >= 0.6 is 0 Å². The average molecular weight is 244 g/mol. The van der Waals surface area contributed by atoms with Gasteiger partial charge < -0.3 is 4.90 Å². The maximum atomic E-state index is 11.9. The first-order chi connectivity index (χ1) is 8.75. The van der Waals surface area contributed by atoms with Crippen molar-refractivity contribution >= 4 is 17.5 Å². The van der Waals surface area contributed by atoms with Crippen LogP contribution < -0.4 is 10.2 Å². The molecule has 1 aromatic carbocycles. The zero-order valence-corrected chi connectivity index (χ0v) is 10.2. The van der Waals surface area contributed by atoms with Gasteiger partial charge in [-0.25, -0.2) is 0 Å². The second kappa shape index (κ2) is 4.44. The standard InChI is InChI=1S/C14H16N2O2/c17-13-8-7-12(14(18)15-13)16-9-3-5-10-4-1-2-6-11(10)16/h1-2,4,6,12H,3,5,7-9H2,(H,15,17,18)/t12-/m1/s1. The molecule has 0 spiro atoms. The van der Waals surface area contributed by atoms with Crippen molar-refractivity contribution in [1.82, 2.24) is 5.32 Å². The summed E-state index contributed by atoms with van der Waals surface area (Å²) >= 11 is 0. The summed E-state index contributed by atoms with van der Waals surface area (Å²) in [6, 6.07) is 8.03. The van der Waals surface area contributed by atoms with Gasteiger partial charge in [0, 0.05) is 18.7 Å². The molecule has 18 heavy (non-hydrogen) atoms. The Bertz CT molecular complexity index is 498. The van der Waals surface area contributed by atoms with E-state index >= 15 is 0 Å². The molecule has 1 atom stereocenters. The molecule has 94 valence electrons. The summed E-state index contributed by atoms with van der Waals surface area (Å²) < 4.78 is 0. The van der Waals surface area contributed by atoms with E-state index in [2.05, 4.69) is 22.3 Å².